The number of allylic oxidation sites excluding steroid dienone is 1. The molecule has 1 aliphatic rings. The van der Waals surface area contributed by atoms with Crippen molar-refractivity contribution in [1.82, 2.24) is 9.97 Å². The summed E-state index contributed by atoms with van der Waals surface area (Å²) in [6.45, 7) is 5.20. The Morgan fingerprint density at radius 3 is 2.63 bits per heavy atom. The van der Waals surface area contributed by atoms with Crippen molar-refractivity contribution in [2.45, 2.75) is 46.0 Å². The lowest BCUT2D eigenvalue weighted by atomic mass is 9.97. The van der Waals surface area contributed by atoms with E-state index >= 15 is 0 Å². The highest BCUT2D eigenvalue weighted by atomic mass is 16.5. The molecular formula is C23H31N5O2. The molecule has 0 radical (unpaired) electrons. The van der Waals surface area contributed by atoms with E-state index in [2.05, 4.69) is 26.7 Å². The van der Waals surface area contributed by atoms with Crippen molar-refractivity contribution in [2.24, 2.45) is 5.92 Å². The molecule has 0 unspecified atom stereocenters. The van der Waals surface area contributed by atoms with Crippen molar-refractivity contribution in [3.63, 3.8) is 0 Å². The Hall–Kier alpha value is -3.09. The minimum atomic E-state index is -0.323. The summed E-state index contributed by atoms with van der Waals surface area (Å²) in [7, 11) is 0. The Bertz CT molecular complexity index is 878. The molecule has 4 N–H and O–H groups in total. The SMILES string of the molecule is CC(C)COC(=O)c1ccc(Nc2ncnc(NCCC3=CCCCC3)c2N)cc1. The fourth-order valence-corrected chi connectivity index (χ4v) is 3.26. The molecule has 7 heteroatoms. The third-order valence-corrected chi connectivity index (χ3v) is 4.94. The number of aromatic nitrogens is 2. The summed E-state index contributed by atoms with van der Waals surface area (Å²) < 4.78 is 5.25. The van der Waals surface area contributed by atoms with Crippen LogP contribution in [0.25, 0.3) is 0 Å². The first-order valence-electron chi connectivity index (χ1n) is 10.6. The predicted molar refractivity (Wildman–Crippen MR) is 121 cm³/mol. The Morgan fingerprint density at radius 2 is 1.93 bits per heavy atom. The van der Waals surface area contributed by atoms with Gasteiger partial charge in [-0.05, 0) is 62.3 Å². The van der Waals surface area contributed by atoms with E-state index in [9.17, 15) is 4.79 Å². The summed E-state index contributed by atoms with van der Waals surface area (Å²) in [5, 5.41) is 6.50. The number of nitrogens with one attached hydrogen (secondary N) is 2. The van der Waals surface area contributed by atoms with Crippen molar-refractivity contribution in [2.75, 3.05) is 29.5 Å². The zero-order chi connectivity index (χ0) is 21.3. The molecule has 1 heterocycles. The molecule has 0 saturated heterocycles. The summed E-state index contributed by atoms with van der Waals surface area (Å²) in [5.41, 5.74) is 9.52. The number of ether oxygens (including phenoxy) is 1. The van der Waals surface area contributed by atoms with Crippen molar-refractivity contribution < 1.29 is 9.53 Å². The van der Waals surface area contributed by atoms with Crippen LogP contribution in [0.3, 0.4) is 0 Å². The van der Waals surface area contributed by atoms with Gasteiger partial charge in [0.1, 0.15) is 12.0 Å². The normalized spacial score (nSPS) is 13.6. The molecule has 3 rings (SSSR count). The van der Waals surface area contributed by atoms with Gasteiger partial charge in [0.15, 0.2) is 11.6 Å². The van der Waals surface area contributed by atoms with E-state index in [4.69, 9.17) is 10.5 Å². The zero-order valence-electron chi connectivity index (χ0n) is 17.8. The van der Waals surface area contributed by atoms with Crippen LogP contribution in [0.15, 0.2) is 42.2 Å². The molecule has 0 spiro atoms. The molecule has 1 aliphatic carbocycles. The van der Waals surface area contributed by atoms with Gasteiger partial charge in [-0.15, -0.1) is 0 Å². The van der Waals surface area contributed by atoms with Crippen LogP contribution in [0, 0.1) is 5.92 Å². The molecule has 1 aromatic carbocycles. The summed E-state index contributed by atoms with van der Waals surface area (Å²) in [5.74, 6) is 1.13. The molecule has 160 valence electrons. The molecule has 0 fully saturated rings. The maximum Gasteiger partial charge on any atom is 0.338 e. The number of rotatable bonds is 9. The monoisotopic (exact) mass is 409 g/mol. The highest BCUT2D eigenvalue weighted by molar-refractivity contribution is 5.90. The number of carbonyl (C=O) groups is 1. The summed E-state index contributed by atoms with van der Waals surface area (Å²) >= 11 is 0. The minimum Gasteiger partial charge on any atom is -0.462 e. The lowest BCUT2D eigenvalue weighted by molar-refractivity contribution is 0.0459. The second-order valence-electron chi connectivity index (χ2n) is 7.96. The van der Waals surface area contributed by atoms with Crippen LogP contribution in [-0.4, -0.2) is 29.1 Å². The first-order valence-corrected chi connectivity index (χ1v) is 10.6. The van der Waals surface area contributed by atoms with E-state index in [0.717, 1.165) is 18.7 Å². The Balaban J connectivity index is 1.57. The van der Waals surface area contributed by atoms with Crippen molar-refractivity contribution in [1.29, 1.82) is 0 Å². The number of anilines is 4. The Morgan fingerprint density at radius 1 is 1.17 bits per heavy atom. The average Bonchev–Trinajstić information content (AvgIpc) is 2.76. The lowest BCUT2D eigenvalue weighted by Crippen LogP contribution is -2.11. The summed E-state index contributed by atoms with van der Waals surface area (Å²) in [6, 6.07) is 7.05. The summed E-state index contributed by atoms with van der Waals surface area (Å²) in [6.07, 6.45) is 9.79. The quantitative estimate of drug-likeness (QED) is 0.399. The maximum atomic E-state index is 12.0. The molecule has 7 nitrogen and oxygen atoms in total. The second kappa shape index (κ2) is 10.6. The van der Waals surface area contributed by atoms with Gasteiger partial charge >= 0.3 is 5.97 Å². The molecule has 0 bridgehead atoms. The number of nitrogens with zero attached hydrogens (tertiary/aromatic N) is 2. The van der Waals surface area contributed by atoms with Crippen LogP contribution in [-0.2, 0) is 4.74 Å². The molecule has 2 aromatic rings. The van der Waals surface area contributed by atoms with Crippen molar-refractivity contribution in [3.8, 4) is 0 Å². The van der Waals surface area contributed by atoms with E-state index in [-0.39, 0.29) is 5.97 Å². The fraction of sp³-hybridized carbons (Fsp3) is 0.435. The lowest BCUT2D eigenvalue weighted by Gasteiger charge is -2.15. The molecule has 1 aromatic heterocycles. The van der Waals surface area contributed by atoms with Crippen LogP contribution in [0.5, 0.6) is 0 Å². The molecule has 0 amide bonds. The van der Waals surface area contributed by atoms with Crippen LogP contribution < -0.4 is 16.4 Å². The molecule has 30 heavy (non-hydrogen) atoms. The van der Waals surface area contributed by atoms with E-state index in [0.29, 0.717) is 35.4 Å². The van der Waals surface area contributed by atoms with Crippen molar-refractivity contribution in [3.05, 3.63) is 47.8 Å². The number of hydrogen-bond donors (Lipinski definition) is 3. The molecule has 0 saturated carbocycles. The fourth-order valence-electron chi connectivity index (χ4n) is 3.26. The largest absolute Gasteiger partial charge is 0.462 e. The standard InChI is InChI=1S/C23H31N5O2/c1-16(2)14-30-23(29)18-8-10-19(11-9-18)28-22-20(24)21(26-15-27-22)25-13-12-17-6-4-3-5-7-17/h6,8-11,15-16H,3-5,7,12-14,24H2,1-2H3,(H2,25,26,27,28). The zero-order valence-corrected chi connectivity index (χ0v) is 17.8. The van der Waals surface area contributed by atoms with Crippen LogP contribution in [0.2, 0.25) is 0 Å². The number of benzene rings is 1. The number of nitrogens with two attached hydrogens (primary N) is 1. The van der Waals surface area contributed by atoms with E-state index in [1.165, 1.54) is 37.6 Å². The first kappa shape index (κ1) is 21.6. The van der Waals surface area contributed by atoms with Gasteiger partial charge in [0.05, 0.1) is 12.2 Å². The number of hydrogen-bond acceptors (Lipinski definition) is 7. The third kappa shape index (κ3) is 6.20. The van der Waals surface area contributed by atoms with Crippen LogP contribution in [0.1, 0.15) is 56.3 Å². The van der Waals surface area contributed by atoms with Gasteiger partial charge < -0.3 is 21.1 Å². The third-order valence-electron chi connectivity index (χ3n) is 4.94. The highest BCUT2D eigenvalue weighted by Gasteiger charge is 2.11. The van der Waals surface area contributed by atoms with Crippen LogP contribution >= 0.6 is 0 Å². The topological polar surface area (TPSA) is 102 Å². The van der Waals surface area contributed by atoms with E-state index in [1.54, 1.807) is 24.3 Å². The van der Waals surface area contributed by atoms with Crippen molar-refractivity contribution >= 4 is 29.0 Å². The van der Waals surface area contributed by atoms with Gasteiger partial charge in [-0.3, -0.25) is 0 Å². The van der Waals surface area contributed by atoms with E-state index in [1.807, 2.05) is 13.8 Å². The van der Waals surface area contributed by atoms with Crippen LogP contribution in [0.4, 0.5) is 23.0 Å². The molecule has 0 aliphatic heterocycles. The van der Waals surface area contributed by atoms with E-state index < -0.39 is 0 Å². The number of nitrogen functional groups attached to an aromatic ring is 1. The van der Waals surface area contributed by atoms with Gasteiger partial charge in [-0.2, -0.15) is 0 Å². The average molecular weight is 410 g/mol. The highest BCUT2D eigenvalue weighted by Crippen LogP contribution is 2.26. The smallest absolute Gasteiger partial charge is 0.338 e. The van der Waals surface area contributed by atoms with Gasteiger partial charge in [0.25, 0.3) is 0 Å². The second-order valence-corrected chi connectivity index (χ2v) is 7.96. The number of carbonyl (C=O) groups excluding carboxylic acids is 1. The Labute approximate surface area is 178 Å². The minimum absolute atomic E-state index is 0.304. The molecular weight excluding hydrogens is 378 g/mol. The van der Waals surface area contributed by atoms with Gasteiger partial charge in [0, 0.05) is 12.2 Å². The predicted octanol–water partition coefficient (Wildman–Crippen LogP) is 4.92. The molecule has 0 atom stereocenters. The number of esters is 1. The summed E-state index contributed by atoms with van der Waals surface area (Å²) in [4.78, 5) is 20.6. The van der Waals surface area contributed by atoms with Gasteiger partial charge in [-0.25, -0.2) is 14.8 Å². The maximum absolute atomic E-state index is 12.0. The van der Waals surface area contributed by atoms with Gasteiger partial charge in [-0.1, -0.05) is 25.5 Å². The first-order chi connectivity index (χ1) is 14.5. The van der Waals surface area contributed by atoms with Gasteiger partial charge in [0.2, 0.25) is 0 Å². The Kier molecular flexibility index (Phi) is 7.65.